The van der Waals surface area contributed by atoms with Crippen molar-refractivity contribution in [3.05, 3.63) is 0 Å². The molecule has 1 aliphatic rings. The molecule has 1 rings (SSSR count). The largest absolute Gasteiger partial charge is 0.469 e. The lowest BCUT2D eigenvalue weighted by atomic mass is 10.1. The van der Waals surface area contributed by atoms with Gasteiger partial charge in [-0.15, -0.1) is 0 Å². The number of nitrogens with one attached hydrogen (secondary N) is 1. The van der Waals surface area contributed by atoms with Crippen molar-refractivity contribution in [3.8, 4) is 0 Å². The van der Waals surface area contributed by atoms with Gasteiger partial charge in [-0.05, 0) is 25.7 Å². The quantitative estimate of drug-likeness (QED) is 0.247. The van der Waals surface area contributed by atoms with Gasteiger partial charge in [0.2, 0.25) is 0 Å². The molecule has 0 bridgehead atoms. The number of esters is 1. The number of guanidine groups is 1. The summed E-state index contributed by atoms with van der Waals surface area (Å²) in [6.45, 7) is 0.729. The second-order valence-corrected chi connectivity index (χ2v) is 5.49. The van der Waals surface area contributed by atoms with Crippen LogP contribution in [0.25, 0.3) is 0 Å². The van der Waals surface area contributed by atoms with Gasteiger partial charge in [0.25, 0.3) is 0 Å². The Morgan fingerprint density at radius 1 is 1.20 bits per heavy atom. The first kappa shape index (κ1) is 16.8. The maximum Gasteiger partial charge on any atom is 0.305 e. The molecule has 5 nitrogen and oxygen atoms in total. The Labute approximate surface area is 122 Å². The minimum absolute atomic E-state index is 0.136. The molecular formula is C15H29N3O2. The fourth-order valence-corrected chi connectivity index (χ4v) is 2.54. The van der Waals surface area contributed by atoms with Crippen molar-refractivity contribution < 1.29 is 9.53 Å². The third-order valence-electron chi connectivity index (χ3n) is 3.76. The topological polar surface area (TPSA) is 76.7 Å². The monoisotopic (exact) mass is 283 g/mol. The van der Waals surface area contributed by atoms with Gasteiger partial charge in [-0.2, -0.15) is 0 Å². The van der Waals surface area contributed by atoms with E-state index in [1.165, 1.54) is 45.6 Å². The number of nitrogens with two attached hydrogens (primary N) is 1. The van der Waals surface area contributed by atoms with E-state index in [1.54, 1.807) is 0 Å². The lowest BCUT2D eigenvalue weighted by molar-refractivity contribution is -0.140. The van der Waals surface area contributed by atoms with E-state index in [1.807, 2.05) is 0 Å². The summed E-state index contributed by atoms with van der Waals surface area (Å²) < 4.78 is 4.59. The summed E-state index contributed by atoms with van der Waals surface area (Å²) in [7, 11) is 1.42. The van der Waals surface area contributed by atoms with Gasteiger partial charge in [0.05, 0.1) is 7.11 Å². The summed E-state index contributed by atoms with van der Waals surface area (Å²) >= 11 is 0. The molecule has 1 saturated carbocycles. The first-order valence-corrected chi connectivity index (χ1v) is 7.85. The van der Waals surface area contributed by atoms with E-state index in [9.17, 15) is 4.79 Å². The molecule has 0 radical (unpaired) electrons. The molecule has 0 aromatic rings. The summed E-state index contributed by atoms with van der Waals surface area (Å²) in [5.74, 6) is 0.438. The zero-order valence-electron chi connectivity index (χ0n) is 12.7. The first-order valence-electron chi connectivity index (χ1n) is 7.85. The predicted octanol–water partition coefficient (Wildman–Crippen LogP) is 2.35. The third-order valence-corrected chi connectivity index (χ3v) is 3.76. The fourth-order valence-electron chi connectivity index (χ4n) is 2.54. The van der Waals surface area contributed by atoms with Gasteiger partial charge in [0.1, 0.15) is 0 Å². The second kappa shape index (κ2) is 10.5. The molecule has 1 fully saturated rings. The highest BCUT2D eigenvalue weighted by Crippen LogP contribution is 2.16. The Bertz CT molecular complexity index is 297. The molecule has 116 valence electrons. The van der Waals surface area contributed by atoms with Crippen LogP contribution in [0.5, 0.6) is 0 Å². The standard InChI is InChI=1S/C15H29N3O2/c1-20-14(19)11-7-4-8-12-17-15(16)18-13-9-5-2-3-6-10-13/h13H,2-12H2,1H3,(H3,16,17,18). The van der Waals surface area contributed by atoms with Crippen molar-refractivity contribution in [2.24, 2.45) is 10.7 Å². The summed E-state index contributed by atoms with van der Waals surface area (Å²) in [6.07, 6.45) is 11.0. The van der Waals surface area contributed by atoms with Crippen molar-refractivity contribution in [3.63, 3.8) is 0 Å². The molecule has 20 heavy (non-hydrogen) atoms. The van der Waals surface area contributed by atoms with E-state index >= 15 is 0 Å². The Morgan fingerprint density at radius 3 is 2.55 bits per heavy atom. The van der Waals surface area contributed by atoms with Gasteiger partial charge >= 0.3 is 5.97 Å². The Hall–Kier alpha value is -1.26. The number of rotatable bonds is 7. The molecule has 0 atom stereocenters. The van der Waals surface area contributed by atoms with Crippen LogP contribution in [0, 0.1) is 0 Å². The van der Waals surface area contributed by atoms with E-state index in [0.717, 1.165) is 25.8 Å². The Morgan fingerprint density at radius 2 is 1.90 bits per heavy atom. The number of nitrogens with zero attached hydrogens (tertiary/aromatic N) is 1. The molecule has 0 unspecified atom stereocenters. The number of carbonyl (C=O) groups excluding carboxylic acids is 1. The molecule has 3 N–H and O–H groups in total. The number of hydrogen-bond donors (Lipinski definition) is 2. The molecule has 0 spiro atoms. The van der Waals surface area contributed by atoms with Gasteiger partial charge < -0.3 is 15.8 Å². The van der Waals surface area contributed by atoms with Gasteiger partial charge in [0.15, 0.2) is 5.96 Å². The zero-order chi connectivity index (χ0) is 14.6. The van der Waals surface area contributed by atoms with Gasteiger partial charge in [0, 0.05) is 19.0 Å². The number of carbonyl (C=O) groups is 1. The average molecular weight is 283 g/mol. The van der Waals surface area contributed by atoms with Crippen LogP contribution in [0.2, 0.25) is 0 Å². The summed E-state index contributed by atoms with van der Waals surface area (Å²) in [6, 6.07) is 0.501. The van der Waals surface area contributed by atoms with Gasteiger partial charge in [-0.1, -0.05) is 32.1 Å². The maximum absolute atomic E-state index is 10.9. The van der Waals surface area contributed by atoms with Crippen LogP contribution in [0.4, 0.5) is 0 Å². The first-order chi connectivity index (χ1) is 9.72. The van der Waals surface area contributed by atoms with Crippen LogP contribution < -0.4 is 11.1 Å². The van der Waals surface area contributed by atoms with Crippen LogP contribution in [-0.2, 0) is 9.53 Å². The van der Waals surface area contributed by atoms with E-state index < -0.39 is 0 Å². The average Bonchev–Trinajstić information content (AvgIpc) is 2.70. The molecular weight excluding hydrogens is 254 g/mol. The Balaban J connectivity index is 2.07. The molecule has 1 aliphatic carbocycles. The lowest BCUT2D eigenvalue weighted by Gasteiger charge is -2.16. The Kier molecular flexibility index (Phi) is 8.83. The summed E-state index contributed by atoms with van der Waals surface area (Å²) in [4.78, 5) is 15.3. The third kappa shape index (κ3) is 8.02. The number of methoxy groups -OCH3 is 1. The van der Waals surface area contributed by atoms with Crippen molar-refractivity contribution >= 4 is 11.9 Å². The molecule has 0 saturated heterocycles. The number of hydrogen-bond acceptors (Lipinski definition) is 3. The van der Waals surface area contributed by atoms with Crippen molar-refractivity contribution in [2.75, 3.05) is 13.7 Å². The van der Waals surface area contributed by atoms with E-state index in [4.69, 9.17) is 5.73 Å². The molecule has 0 amide bonds. The fraction of sp³-hybridized carbons (Fsp3) is 0.867. The molecule has 0 aromatic carbocycles. The molecule has 0 aliphatic heterocycles. The number of ether oxygens (including phenoxy) is 1. The van der Waals surface area contributed by atoms with Gasteiger partial charge in [-0.25, -0.2) is 0 Å². The zero-order valence-corrected chi connectivity index (χ0v) is 12.7. The van der Waals surface area contributed by atoms with E-state index in [2.05, 4.69) is 15.0 Å². The predicted molar refractivity (Wildman–Crippen MR) is 81.6 cm³/mol. The van der Waals surface area contributed by atoms with E-state index in [-0.39, 0.29) is 5.97 Å². The normalized spacial score (nSPS) is 17.6. The molecule has 0 heterocycles. The highest BCUT2D eigenvalue weighted by atomic mass is 16.5. The van der Waals surface area contributed by atoms with Crippen LogP contribution in [-0.4, -0.2) is 31.6 Å². The van der Waals surface area contributed by atoms with Crippen LogP contribution in [0.3, 0.4) is 0 Å². The second-order valence-electron chi connectivity index (χ2n) is 5.49. The lowest BCUT2D eigenvalue weighted by Crippen LogP contribution is -2.39. The summed E-state index contributed by atoms with van der Waals surface area (Å²) in [5.41, 5.74) is 5.90. The highest BCUT2D eigenvalue weighted by Gasteiger charge is 2.11. The molecule has 0 aromatic heterocycles. The highest BCUT2D eigenvalue weighted by molar-refractivity contribution is 5.78. The minimum atomic E-state index is -0.136. The van der Waals surface area contributed by atoms with Crippen LogP contribution in [0.1, 0.15) is 64.2 Å². The SMILES string of the molecule is COC(=O)CCCCCN=C(N)NC1CCCCCC1. The summed E-state index contributed by atoms with van der Waals surface area (Å²) in [5, 5.41) is 3.33. The smallest absolute Gasteiger partial charge is 0.305 e. The van der Waals surface area contributed by atoms with E-state index in [0.29, 0.717) is 18.4 Å². The maximum atomic E-state index is 10.9. The number of aliphatic imine (C=N–C) groups is 1. The van der Waals surface area contributed by atoms with Crippen molar-refractivity contribution in [2.45, 2.75) is 70.3 Å². The van der Waals surface area contributed by atoms with Crippen LogP contribution >= 0.6 is 0 Å². The van der Waals surface area contributed by atoms with Gasteiger partial charge in [-0.3, -0.25) is 9.79 Å². The van der Waals surface area contributed by atoms with Crippen molar-refractivity contribution in [1.82, 2.24) is 5.32 Å². The van der Waals surface area contributed by atoms with Crippen molar-refractivity contribution in [1.29, 1.82) is 0 Å². The number of unbranched alkanes of at least 4 members (excludes halogenated alkanes) is 2. The van der Waals surface area contributed by atoms with Crippen LogP contribution in [0.15, 0.2) is 4.99 Å². The molecule has 5 heteroatoms. The minimum Gasteiger partial charge on any atom is -0.469 e.